The van der Waals surface area contributed by atoms with Crippen molar-refractivity contribution in [2.45, 2.75) is 5.92 Å². The minimum atomic E-state index is -0.790. The molecule has 0 N–H and O–H groups in total. The Bertz CT molecular complexity index is 733. The van der Waals surface area contributed by atoms with Crippen LogP contribution in [0.5, 0.6) is 11.5 Å². The molecule has 0 fully saturated rings. The molecule has 1 unspecified atom stereocenters. The van der Waals surface area contributed by atoms with E-state index in [2.05, 4.69) is 0 Å². The molecule has 4 nitrogen and oxygen atoms in total. The number of carbonyl (C=O) groups is 2. The Morgan fingerprint density at radius 2 is 1.48 bits per heavy atom. The van der Waals surface area contributed by atoms with Gasteiger partial charge in [0.2, 0.25) is 0 Å². The Labute approximate surface area is 122 Å². The Kier molecular flexibility index (Phi) is 3.22. The standard InChI is InChI=1S/C17H14O4/c1-20-11-5-3-4-10(8-11)15-16(18)13-7-6-12(21-2)9-14(13)17(15)19/h3-9,15H,1-2H3. The molecule has 0 radical (unpaired) electrons. The first kappa shape index (κ1) is 13.4. The lowest BCUT2D eigenvalue weighted by atomic mass is 9.94. The van der Waals surface area contributed by atoms with Crippen LogP contribution in [-0.2, 0) is 0 Å². The van der Waals surface area contributed by atoms with Crippen molar-refractivity contribution in [3.8, 4) is 11.5 Å². The van der Waals surface area contributed by atoms with E-state index < -0.39 is 5.92 Å². The molecule has 0 saturated heterocycles. The minimum Gasteiger partial charge on any atom is -0.497 e. The lowest BCUT2D eigenvalue weighted by molar-refractivity contribution is 0.0890. The van der Waals surface area contributed by atoms with Crippen molar-refractivity contribution in [2.75, 3.05) is 14.2 Å². The van der Waals surface area contributed by atoms with Gasteiger partial charge in [0.05, 0.1) is 14.2 Å². The van der Waals surface area contributed by atoms with E-state index in [0.717, 1.165) is 0 Å². The van der Waals surface area contributed by atoms with E-state index in [-0.39, 0.29) is 11.6 Å². The number of hydrogen-bond acceptors (Lipinski definition) is 4. The van der Waals surface area contributed by atoms with Crippen LogP contribution in [0.1, 0.15) is 32.2 Å². The zero-order valence-electron chi connectivity index (χ0n) is 11.8. The summed E-state index contributed by atoms with van der Waals surface area (Å²) in [6, 6.07) is 12.0. The van der Waals surface area contributed by atoms with Crippen molar-refractivity contribution in [1.29, 1.82) is 0 Å². The normalized spacial score (nSPS) is 16.8. The number of methoxy groups -OCH3 is 2. The van der Waals surface area contributed by atoms with Crippen molar-refractivity contribution in [3.63, 3.8) is 0 Å². The molecule has 2 aromatic carbocycles. The van der Waals surface area contributed by atoms with Gasteiger partial charge in [0, 0.05) is 11.1 Å². The van der Waals surface area contributed by atoms with E-state index >= 15 is 0 Å². The molecule has 0 amide bonds. The fourth-order valence-electron chi connectivity index (χ4n) is 2.62. The summed E-state index contributed by atoms with van der Waals surface area (Å²) in [5, 5.41) is 0. The van der Waals surface area contributed by atoms with Gasteiger partial charge < -0.3 is 9.47 Å². The molecule has 21 heavy (non-hydrogen) atoms. The average Bonchev–Trinajstić information content (AvgIpc) is 2.78. The summed E-state index contributed by atoms with van der Waals surface area (Å²) in [5.74, 6) is 0.0399. The topological polar surface area (TPSA) is 52.6 Å². The summed E-state index contributed by atoms with van der Waals surface area (Å²) in [5.41, 5.74) is 1.53. The third-order valence-electron chi connectivity index (χ3n) is 3.71. The predicted octanol–water partition coefficient (Wildman–Crippen LogP) is 2.87. The maximum atomic E-state index is 12.6. The van der Waals surface area contributed by atoms with Crippen LogP contribution in [0.3, 0.4) is 0 Å². The molecule has 0 aromatic heterocycles. The third kappa shape index (κ3) is 2.09. The van der Waals surface area contributed by atoms with E-state index in [1.165, 1.54) is 7.11 Å². The van der Waals surface area contributed by atoms with Gasteiger partial charge in [-0.05, 0) is 35.9 Å². The first-order valence-corrected chi connectivity index (χ1v) is 6.56. The summed E-state index contributed by atoms with van der Waals surface area (Å²) >= 11 is 0. The number of hydrogen-bond donors (Lipinski definition) is 0. The molecule has 0 saturated carbocycles. The van der Waals surface area contributed by atoms with E-state index in [1.54, 1.807) is 49.6 Å². The van der Waals surface area contributed by atoms with Gasteiger partial charge in [-0.15, -0.1) is 0 Å². The van der Waals surface area contributed by atoms with E-state index in [0.29, 0.717) is 28.2 Å². The molecular weight excluding hydrogens is 268 g/mol. The first-order valence-electron chi connectivity index (χ1n) is 6.56. The van der Waals surface area contributed by atoms with E-state index in [4.69, 9.17) is 9.47 Å². The number of ketones is 2. The summed E-state index contributed by atoms with van der Waals surface area (Å²) in [6.45, 7) is 0. The highest BCUT2D eigenvalue weighted by Crippen LogP contribution is 2.36. The summed E-state index contributed by atoms with van der Waals surface area (Å²) in [4.78, 5) is 25.1. The fourth-order valence-corrected chi connectivity index (χ4v) is 2.62. The second kappa shape index (κ2) is 5.05. The van der Waals surface area contributed by atoms with Crippen LogP contribution in [0, 0.1) is 0 Å². The lowest BCUT2D eigenvalue weighted by Gasteiger charge is -2.08. The number of Topliss-reactive ketones (excluding diaryl/α,β-unsaturated/α-hetero) is 2. The van der Waals surface area contributed by atoms with Gasteiger partial charge in [0.1, 0.15) is 17.4 Å². The molecular formula is C17H14O4. The van der Waals surface area contributed by atoms with Crippen molar-refractivity contribution >= 4 is 11.6 Å². The SMILES string of the molecule is COc1cccc(C2C(=O)c3ccc(OC)cc3C2=O)c1. The van der Waals surface area contributed by atoms with E-state index in [9.17, 15) is 9.59 Å². The van der Waals surface area contributed by atoms with Gasteiger partial charge in [-0.25, -0.2) is 0 Å². The molecule has 0 heterocycles. The number of fused-ring (bicyclic) bond motifs is 1. The maximum Gasteiger partial charge on any atom is 0.178 e. The monoisotopic (exact) mass is 282 g/mol. The van der Waals surface area contributed by atoms with Gasteiger partial charge in [-0.1, -0.05) is 12.1 Å². The third-order valence-corrected chi connectivity index (χ3v) is 3.71. The van der Waals surface area contributed by atoms with Crippen LogP contribution in [0.25, 0.3) is 0 Å². The summed E-state index contributed by atoms with van der Waals surface area (Å²) in [7, 11) is 3.08. The van der Waals surface area contributed by atoms with Crippen LogP contribution in [0.15, 0.2) is 42.5 Å². The van der Waals surface area contributed by atoms with Crippen LogP contribution in [0.4, 0.5) is 0 Å². The number of rotatable bonds is 3. The van der Waals surface area contributed by atoms with Gasteiger partial charge >= 0.3 is 0 Å². The molecule has 0 spiro atoms. The summed E-state index contributed by atoms with van der Waals surface area (Å²) < 4.78 is 10.3. The molecule has 4 heteroatoms. The van der Waals surface area contributed by atoms with Crippen LogP contribution < -0.4 is 9.47 Å². The van der Waals surface area contributed by atoms with E-state index in [1.807, 2.05) is 0 Å². The van der Waals surface area contributed by atoms with Gasteiger partial charge in [-0.3, -0.25) is 9.59 Å². The highest BCUT2D eigenvalue weighted by atomic mass is 16.5. The molecule has 3 rings (SSSR count). The Morgan fingerprint density at radius 1 is 0.810 bits per heavy atom. The molecule has 106 valence electrons. The second-order valence-electron chi connectivity index (χ2n) is 4.85. The predicted molar refractivity (Wildman–Crippen MR) is 77.4 cm³/mol. The number of benzene rings is 2. The minimum absolute atomic E-state index is 0.175. The Morgan fingerprint density at radius 3 is 2.19 bits per heavy atom. The quantitative estimate of drug-likeness (QED) is 0.812. The zero-order valence-corrected chi connectivity index (χ0v) is 11.8. The number of carbonyl (C=O) groups excluding carboxylic acids is 2. The molecule has 0 aliphatic heterocycles. The maximum absolute atomic E-state index is 12.6. The molecule has 0 bridgehead atoms. The van der Waals surface area contributed by atoms with Gasteiger partial charge in [0.25, 0.3) is 0 Å². The Balaban J connectivity index is 2.06. The van der Waals surface area contributed by atoms with Crippen LogP contribution in [0.2, 0.25) is 0 Å². The molecule has 2 aromatic rings. The second-order valence-corrected chi connectivity index (χ2v) is 4.85. The zero-order chi connectivity index (χ0) is 15.0. The van der Waals surface area contributed by atoms with Crippen LogP contribution >= 0.6 is 0 Å². The smallest absolute Gasteiger partial charge is 0.178 e. The van der Waals surface area contributed by atoms with Crippen molar-refractivity contribution in [2.24, 2.45) is 0 Å². The summed E-state index contributed by atoms with van der Waals surface area (Å²) in [6.07, 6.45) is 0. The highest BCUT2D eigenvalue weighted by molar-refractivity contribution is 6.29. The van der Waals surface area contributed by atoms with Crippen molar-refractivity contribution < 1.29 is 19.1 Å². The largest absolute Gasteiger partial charge is 0.497 e. The number of ether oxygens (including phenoxy) is 2. The van der Waals surface area contributed by atoms with Crippen molar-refractivity contribution in [1.82, 2.24) is 0 Å². The Hall–Kier alpha value is -2.62. The van der Waals surface area contributed by atoms with Gasteiger partial charge in [0.15, 0.2) is 11.6 Å². The molecule has 1 aliphatic carbocycles. The molecule has 1 aliphatic rings. The highest BCUT2D eigenvalue weighted by Gasteiger charge is 2.39. The van der Waals surface area contributed by atoms with Gasteiger partial charge in [-0.2, -0.15) is 0 Å². The first-order chi connectivity index (χ1) is 10.2. The van der Waals surface area contributed by atoms with Crippen LogP contribution in [-0.4, -0.2) is 25.8 Å². The molecule has 1 atom stereocenters. The fraction of sp³-hybridized carbons (Fsp3) is 0.176. The lowest BCUT2D eigenvalue weighted by Crippen LogP contribution is -2.12. The average molecular weight is 282 g/mol. The van der Waals surface area contributed by atoms with Crippen molar-refractivity contribution in [3.05, 3.63) is 59.2 Å².